The number of nitrogens with one attached hydrogen (secondary N) is 2. The maximum absolute atomic E-state index is 14.8. The van der Waals surface area contributed by atoms with Gasteiger partial charge in [0.25, 0.3) is 5.91 Å². The summed E-state index contributed by atoms with van der Waals surface area (Å²) in [6.45, 7) is 6.27. The summed E-state index contributed by atoms with van der Waals surface area (Å²) in [5, 5.41) is 15.1. The average molecular weight is 460 g/mol. The third-order valence-corrected chi connectivity index (χ3v) is 5.16. The molecule has 1 aliphatic rings. The first-order valence-corrected chi connectivity index (χ1v) is 10.9. The van der Waals surface area contributed by atoms with Gasteiger partial charge in [0, 0.05) is 37.1 Å². The molecule has 0 unspecified atom stereocenters. The number of carboxylic acids is 1. The molecule has 1 fully saturated rings. The molecule has 33 heavy (non-hydrogen) atoms. The van der Waals surface area contributed by atoms with Crippen molar-refractivity contribution in [1.29, 1.82) is 0 Å². The lowest BCUT2D eigenvalue weighted by Crippen LogP contribution is -2.42. The van der Waals surface area contributed by atoms with Gasteiger partial charge in [-0.3, -0.25) is 4.79 Å². The highest BCUT2D eigenvalue weighted by Gasteiger charge is 2.26. The van der Waals surface area contributed by atoms with Gasteiger partial charge in [0.05, 0.1) is 17.8 Å². The Hall–Kier alpha value is -3.27. The van der Waals surface area contributed by atoms with Gasteiger partial charge in [0.15, 0.2) is 6.10 Å². The number of carbonyl (C=O) groups excluding carboxylic acids is 1. The van der Waals surface area contributed by atoms with Crippen molar-refractivity contribution < 1.29 is 23.8 Å². The number of nitrogens with zero attached hydrogens (tertiary/aromatic N) is 3. The Balaban J connectivity index is 1.55. The largest absolute Gasteiger partial charge is 0.479 e. The smallest absolute Gasteiger partial charge is 0.334 e. The molecule has 0 bridgehead atoms. The van der Waals surface area contributed by atoms with Gasteiger partial charge in [0.2, 0.25) is 5.95 Å². The molecule has 1 saturated heterocycles. The van der Waals surface area contributed by atoms with E-state index < -0.39 is 29.4 Å². The summed E-state index contributed by atoms with van der Waals surface area (Å²) >= 11 is 0. The summed E-state index contributed by atoms with van der Waals surface area (Å²) in [6.07, 6.45) is 3.75. The van der Waals surface area contributed by atoms with Gasteiger partial charge in [-0.25, -0.2) is 19.2 Å². The van der Waals surface area contributed by atoms with E-state index in [1.54, 1.807) is 45.3 Å². The van der Waals surface area contributed by atoms with Crippen LogP contribution in [-0.2, 0) is 9.53 Å². The molecule has 1 aromatic heterocycles. The molecule has 1 amide bonds. The van der Waals surface area contributed by atoms with E-state index in [0.29, 0.717) is 24.7 Å². The van der Waals surface area contributed by atoms with Crippen molar-refractivity contribution in [3.05, 3.63) is 48.0 Å². The summed E-state index contributed by atoms with van der Waals surface area (Å²) in [4.78, 5) is 34.1. The SMILES string of the molecule is CC(C)(C)O[C@@H](CNC(=O)c1ccc(N2CCC(Nc3ncccn3)CC2)c(F)c1)C(=O)O. The van der Waals surface area contributed by atoms with Crippen LogP contribution in [0.3, 0.4) is 0 Å². The zero-order valence-corrected chi connectivity index (χ0v) is 19.0. The topological polar surface area (TPSA) is 117 Å². The molecule has 1 atom stereocenters. The van der Waals surface area contributed by atoms with Crippen molar-refractivity contribution in [3.8, 4) is 0 Å². The number of rotatable bonds is 8. The second-order valence-corrected chi connectivity index (χ2v) is 8.91. The molecule has 3 N–H and O–H groups in total. The van der Waals surface area contributed by atoms with Crippen LogP contribution in [0.15, 0.2) is 36.7 Å². The number of ether oxygens (including phenoxy) is 1. The number of hydrogen-bond acceptors (Lipinski definition) is 7. The van der Waals surface area contributed by atoms with E-state index in [9.17, 15) is 19.1 Å². The minimum atomic E-state index is -1.20. The predicted octanol–water partition coefficient (Wildman–Crippen LogP) is 2.69. The molecular formula is C23H30FN5O4. The van der Waals surface area contributed by atoms with Crippen molar-refractivity contribution >= 4 is 23.5 Å². The number of carbonyl (C=O) groups is 2. The van der Waals surface area contributed by atoms with E-state index in [4.69, 9.17) is 4.74 Å². The summed E-state index contributed by atoms with van der Waals surface area (Å²) in [7, 11) is 0. The molecule has 0 spiro atoms. The van der Waals surface area contributed by atoms with Gasteiger partial charge in [-0.2, -0.15) is 0 Å². The molecule has 0 radical (unpaired) electrons. The fourth-order valence-corrected chi connectivity index (χ4v) is 3.62. The number of carboxylic acid groups (broad SMARTS) is 1. The minimum Gasteiger partial charge on any atom is -0.479 e. The second kappa shape index (κ2) is 10.6. The molecule has 1 aliphatic heterocycles. The fraction of sp³-hybridized carbons (Fsp3) is 0.478. The van der Waals surface area contributed by atoms with Gasteiger partial charge in [-0.05, 0) is 57.9 Å². The first-order valence-electron chi connectivity index (χ1n) is 10.9. The second-order valence-electron chi connectivity index (χ2n) is 8.91. The van der Waals surface area contributed by atoms with E-state index in [2.05, 4.69) is 20.6 Å². The zero-order valence-electron chi connectivity index (χ0n) is 19.0. The lowest BCUT2D eigenvalue weighted by Gasteiger charge is -2.34. The van der Waals surface area contributed by atoms with Crippen LogP contribution in [0.5, 0.6) is 0 Å². The summed E-state index contributed by atoms with van der Waals surface area (Å²) < 4.78 is 20.3. The molecule has 2 heterocycles. The molecular weight excluding hydrogens is 429 g/mol. The highest BCUT2D eigenvalue weighted by Crippen LogP contribution is 2.25. The van der Waals surface area contributed by atoms with Crippen molar-refractivity contribution in [2.75, 3.05) is 29.9 Å². The van der Waals surface area contributed by atoms with Gasteiger partial charge < -0.3 is 25.4 Å². The Morgan fingerprint density at radius 2 is 1.91 bits per heavy atom. The van der Waals surface area contributed by atoms with Crippen molar-refractivity contribution in [3.63, 3.8) is 0 Å². The highest BCUT2D eigenvalue weighted by atomic mass is 19.1. The predicted molar refractivity (Wildman–Crippen MR) is 122 cm³/mol. The van der Waals surface area contributed by atoms with Crippen LogP contribution < -0.4 is 15.5 Å². The van der Waals surface area contributed by atoms with Crippen LogP contribution in [0, 0.1) is 5.82 Å². The molecule has 1 aromatic carbocycles. The van der Waals surface area contributed by atoms with Crippen LogP contribution in [0.2, 0.25) is 0 Å². The molecule has 3 rings (SSSR count). The average Bonchev–Trinajstić information content (AvgIpc) is 2.77. The van der Waals surface area contributed by atoms with Crippen molar-refractivity contribution in [2.24, 2.45) is 0 Å². The Morgan fingerprint density at radius 1 is 1.24 bits per heavy atom. The molecule has 2 aromatic rings. The Labute approximate surface area is 192 Å². The number of anilines is 2. The number of aliphatic carboxylic acids is 1. The Kier molecular flexibility index (Phi) is 7.80. The maximum Gasteiger partial charge on any atom is 0.334 e. The maximum atomic E-state index is 14.8. The Morgan fingerprint density at radius 3 is 2.48 bits per heavy atom. The summed E-state index contributed by atoms with van der Waals surface area (Å²) in [6, 6.07) is 6.25. The number of piperidine rings is 1. The lowest BCUT2D eigenvalue weighted by atomic mass is 10.0. The Bertz CT molecular complexity index is 959. The van der Waals surface area contributed by atoms with Crippen LogP contribution in [0.1, 0.15) is 44.0 Å². The molecule has 0 saturated carbocycles. The van der Waals surface area contributed by atoms with Crippen LogP contribution in [-0.4, -0.2) is 64.3 Å². The lowest BCUT2D eigenvalue weighted by molar-refractivity contribution is -0.159. The van der Waals surface area contributed by atoms with E-state index in [1.165, 1.54) is 12.1 Å². The first-order chi connectivity index (χ1) is 15.6. The van der Waals surface area contributed by atoms with E-state index in [-0.39, 0.29) is 18.2 Å². The third kappa shape index (κ3) is 7.11. The van der Waals surface area contributed by atoms with Crippen molar-refractivity contribution in [2.45, 2.75) is 51.4 Å². The number of amides is 1. The number of aromatic nitrogens is 2. The van der Waals surface area contributed by atoms with Crippen LogP contribution in [0.4, 0.5) is 16.0 Å². The zero-order chi connectivity index (χ0) is 24.0. The highest BCUT2D eigenvalue weighted by molar-refractivity contribution is 5.95. The number of benzene rings is 1. The third-order valence-electron chi connectivity index (χ3n) is 5.16. The number of hydrogen-bond donors (Lipinski definition) is 3. The standard InChI is InChI=1S/C23H30FN5O4/c1-23(2,3)33-19(21(31)32)14-27-20(30)15-5-6-18(17(24)13-15)29-11-7-16(8-12-29)28-22-25-9-4-10-26-22/h4-6,9-10,13,16,19H,7-8,11-12,14H2,1-3H3,(H,27,30)(H,31,32)(H,25,26,28)/t19-/m0/s1. The first kappa shape index (κ1) is 24.4. The van der Waals surface area contributed by atoms with Gasteiger partial charge in [-0.1, -0.05) is 0 Å². The van der Waals surface area contributed by atoms with Crippen LogP contribution in [0.25, 0.3) is 0 Å². The van der Waals surface area contributed by atoms with E-state index in [1.807, 2.05) is 4.90 Å². The minimum absolute atomic E-state index is 0.119. The summed E-state index contributed by atoms with van der Waals surface area (Å²) in [5.41, 5.74) is -0.132. The van der Waals surface area contributed by atoms with Crippen LogP contribution >= 0.6 is 0 Å². The van der Waals surface area contributed by atoms with Gasteiger partial charge in [0.1, 0.15) is 5.82 Å². The quantitative estimate of drug-likeness (QED) is 0.552. The normalized spacial score (nSPS) is 15.7. The molecule has 178 valence electrons. The fourth-order valence-electron chi connectivity index (χ4n) is 3.62. The monoisotopic (exact) mass is 459 g/mol. The van der Waals surface area contributed by atoms with Gasteiger partial charge >= 0.3 is 5.97 Å². The van der Waals surface area contributed by atoms with Gasteiger partial charge in [-0.15, -0.1) is 0 Å². The van der Waals surface area contributed by atoms with E-state index in [0.717, 1.165) is 12.8 Å². The summed E-state index contributed by atoms with van der Waals surface area (Å²) in [5.74, 6) is -1.66. The van der Waals surface area contributed by atoms with E-state index >= 15 is 0 Å². The molecule has 9 nitrogen and oxygen atoms in total. The number of halogens is 1. The molecule has 10 heteroatoms. The molecule has 0 aliphatic carbocycles. The van der Waals surface area contributed by atoms with Crippen molar-refractivity contribution in [1.82, 2.24) is 15.3 Å².